The van der Waals surface area contributed by atoms with Crippen molar-refractivity contribution >= 4 is 17.3 Å². The van der Waals surface area contributed by atoms with Crippen LogP contribution < -0.4 is 15.0 Å². The summed E-state index contributed by atoms with van der Waals surface area (Å²) < 4.78 is 10.7. The molecule has 24 heavy (non-hydrogen) atoms. The van der Waals surface area contributed by atoms with Crippen molar-refractivity contribution in [2.24, 2.45) is 0 Å². The zero-order chi connectivity index (χ0) is 16.9. The lowest BCUT2D eigenvalue weighted by molar-refractivity contribution is 0.0989. The van der Waals surface area contributed by atoms with Gasteiger partial charge in [-0.2, -0.15) is 0 Å². The summed E-state index contributed by atoms with van der Waals surface area (Å²) in [5.74, 6) is 0.383. The maximum Gasteiger partial charge on any atom is 0.259 e. The van der Waals surface area contributed by atoms with Crippen LogP contribution in [0.2, 0.25) is 0 Å². The lowest BCUT2D eigenvalue weighted by atomic mass is 10.1. The SMILES string of the molecule is COc1ccccc1C(=O)Nc1ccc(N2CCOCC2C)cc1. The van der Waals surface area contributed by atoms with Crippen LogP contribution in [-0.4, -0.2) is 38.8 Å². The van der Waals surface area contributed by atoms with Crippen molar-refractivity contribution in [2.75, 3.05) is 37.1 Å². The molecule has 1 aliphatic rings. The summed E-state index contributed by atoms with van der Waals surface area (Å²) in [6.45, 7) is 4.52. The number of para-hydroxylation sites is 1. The molecule has 0 saturated carbocycles. The number of morpholine rings is 1. The topological polar surface area (TPSA) is 50.8 Å². The van der Waals surface area contributed by atoms with E-state index in [1.165, 1.54) is 0 Å². The molecule has 2 aromatic carbocycles. The van der Waals surface area contributed by atoms with Gasteiger partial charge in [-0.15, -0.1) is 0 Å². The Morgan fingerprint density at radius 2 is 1.96 bits per heavy atom. The number of carbonyl (C=O) groups is 1. The molecule has 5 heteroatoms. The molecule has 1 heterocycles. The molecule has 2 aromatic rings. The molecule has 126 valence electrons. The summed E-state index contributed by atoms with van der Waals surface area (Å²) in [7, 11) is 1.56. The fraction of sp³-hybridized carbons (Fsp3) is 0.316. The molecule has 0 radical (unpaired) electrons. The number of rotatable bonds is 4. The fourth-order valence-corrected chi connectivity index (χ4v) is 2.88. The minimum Gasteiger partial charge on any atom is -0.496 e. The molecular weight excluding hydrogens is 304 g/mol. The van der Waals surface area contributed by atoms with E-state index in [4.69, 9.17) is 9.47 Å². The van der Waals surface area contributed by atoms with Gasteiger partial charge < -0.3 is 19.7 Å². The number of amides is 1. The average Bonchev–Trinajstić information content (AvgIpc) is 2.63. The minimum atomic E-state index is -0.181. The van der Waals surface area contributed by atoms with Crippen molar-refractivity contribution in [1.82, 2.24) is 0 Å². The van der Waals surface area contributed by atoms with E-state index in [0.29, 0.717) is 17.4 Å². The maximum atomic E-state index is 12.4. The quantitative estimate of drug-likeness (QED) is 0.937. The normalized spacial score (nSPS) is 17.4. The van der Waals surface area contributed by atoms with E-state index < -0.39 is 0 Å². The van der Waals surface area contributed by atoms with E-state index in [9.17, 15) is 4.79 Å². The Labute approximate surface area is 142 Å². The smallest absolute Gasteiger partial charge is 0.259 e. The molecule has 0 aromatic heterocycles. The van der Waals surface area contributed by atoms with Crippen LogP contribution in [-0.2, 0) is 4.74 Å². The number of anilines is 2. The number of hydrogen-bond donors (Lipinski definition) is 1. The number of benzene rings is 2. The van der Waals surface area contributed by atoms with Crippen LogP contribution in [0.1, 0.15) is 17.3 Å². The molecule has 1 amide bonds. The average molecular weight is 326 g/mol. The number of methoxy groups -OCH3 is 1. The number of nitrogens with one attached hydrogen (secondary N) is 1. The molecule has 5 nitrogen and oxygen atoms in total. The third kappa shape index (κ3) is 3.51. The van der Waals surface area contributed by atoms with Gasteiger partial charge in [0.05, 0.1) is 25.9 Å². The minimum absolute atomic E-state index is 0.181. The highest BCUT2D eigenvalue weighted by Crippen LogP contribution is 2.23. The van der Waals surface area contributed by atoms with Crippen molar-refractivity contribution in [2.45, 2.75) is 13.0 Å². The van der Waals surface area contributed by atoms with Gasteiger partial charge in [-0.1, -0.05) is 12.1 Å². The summed E-state index contributed by atoms with van der Waals surface area (Å²) in [6, 6.07) is 15.4. The molecule has 3 rings (SSSR count). The van der Waals surface area contributed by atoms with E-state index in [0.717, 1.165) is 31.1 Å². The summed E-state index contributed by atoms with van der Waals surface area (Å²) >= 11 is 0. The monoisotopic (exact) mass is 326 g/mol. The third-order valence-corrected chi connectivity index (χ3v) is 4.18. The number of hydrogen-bond acceptors (Lipinski definition) is 4. The van der Waals surface area contributed by atoms with Gasteiger partial charge in [0.1, 0.15) is 5.75 Å². The standard InChI is InChI=1S/C19H22N2O3/c1-14-13-24-12-11-21(14)16-9-7-15(8-10-16)20-19(22)17-5-3-4-6-18(17)23-2/h3-10,14H,11-13H2,1-2H3,(H,20,22). The van der Waals surface area contributed by atoms with Gasteiger partial charge in [-0.05, 0) is 43.3 Å². The molecule has 0 bridgehead atoms. The molecule has 1 fully saturated rings. The van der Waals surface area contributed by atoms with Crippen LogP contribution in [0.4, 0.5) is 11.4 Å². The first-order valence-corrected chi connectivity index (χ1v) is 8.08. The molecule has 0 spiro atoms. The van der Waals surface area contributed by atoms with E-state index in [2.05, 4.69) is 17.1 Å². The summed E-state index contributed by atoms with van der Waals surface area (Å²) in [5, 5.41) is 2.91. The van der Waals surface area contributed by atoms with Crippen LogP contribution in [0.5, 0.6) is 5.75 Å². The Morgan fingerprint density at radius 3 is 2.67 bits per heavy atom. The van der Waals surface area contributed by atoms with Crippen LogP contribution in [0.25, 0.3) is 0 Å². The van der Waals surface area contributed by atoms with Crippen LogP contribution in [0.3, 0.4) is 0 Å². The number of ether oxygens (including phenoxy) is 2. The molecule has 1 N–H and O–H groups in total. The van der Waals surface area contributed by atoms with E-state index in [1.54, 1.807) is 19.2 Å². The largest absolute Gasteiger partial charge is 0.496 e. The predicted octanol–water partition coefficient (Wildman–Crippen LogP) is 3.17. The first-order valence-electron chi connectivity index (χ1n) is 8.08. The summed E-state index contributed by atoms with van der Waals surface area (Å²) in [4.78, 5) is 14.7. The van der Waals surface area contributed by atoms with Crippen LogP contribution >= 0.6 is 0 Å². The van der Waals surface area contributed by atoms with Crippen molar-refractivity contribution in [3.05, 3.63) is 54.1 Å². The van der Waals surface area contributed by atoms with Gasteiger partial charge in [-0.3, -0.25) is 4.79 Å². The van der Waals surface area contributed by atoms with E-state index in [-0.39, 0.29) is 5.91 Å². The third-order valence-electron chi connectivity index (χ3n) is 4.18. The van der Waals surface area contributed by atoms with Crippen LogP contribution in [0.15, 0.2) is 48.5 Å². The van der Waals surface area contributed by atoms with Gasteiger partial charge in [-0.25, -0.2) is 0 Å². The van der Waals surface area contributed by atoms with Crippen molar-refractivity contribution < 1.29 is 14.3 Å². The Hall–Kier alpha value is -2.53. The number of nitrogens with zero attached hydrogens (tertiary/aromatic N) is 1. The van der Waals surface area contributed by atoms with Crippen LogP contribution in [0, 0.1) is 0 Å². The van der Waals surface area contributed by atoms with Gasteiger partial charge >= 0.3 is 0 Å². The predicted molar refractivity (Wildman–Crippen MR) is 95.0 cm³/mol. The first-order chi connectivity index (χ1) is 11.7. The van der Waals surface area contributed by atoms with Gasteiger partial charge in [0.2, 0.25) is 0 Å². The molecule has 0 aliphatic carbocycles. The lowest BCUT2D eigenvalue weighted by Gasteiger charge is -2.35. The van der Waals surface area contributed by atoms with E-state index >= 15 is 0 Å². The highest BCUT2D eigenvalue weighted by Gasteiger charge is 2.19. The number of carbonyl (C=O) groups excluding carboxylic acids is 1. The Morgan fingerprint density at radius 1 is 1.21 bits per heavy atom. The van der Waals surface area contributed by atoms with Crippen molar-refractivity contribution in [1.29, 1.82) is 0 Å². The molecule has 1 aliphatic heterocycles. The van der Waals surface area contributed by atoms with Gasteiger partial charge in [0.25, 0.3) is 5.91 Å². The summed E-state index contributed by atoms with van der Waals surface area (Å²) in [5.41, 5.74) is 2.42. The summed E-state index contributed by atoms with van der Waals surface area (Å²) in [6.07, 6.45) is 0. The van der Waals surface area contributed by atoms with Gasteiger partial charge in [0, 0.05) is 24.0 Å². The Bertz CT molecular complexity index is 700. The zero-order valence-electron chi connectivity index (χ0n) is 14.0. The van der Waals surface area contributed by atoms with Crippen molar-refractivity contribution in [3.63, 3.8) is 0 Å². The molecule has 1 saturated heterocycles. The highest BCUT2D eigenvalue weighted by atomic mass is 16.5. The maximum absolute atomic E-state index is 12.4. The molecule has 1 atom stereocenters. The van der Waals surface area contributed by atoms with Gasteiger partial charge in [0.15, 0.2) is 0 Å². The van der Waals surface area contributed by atoms with Crippen molar-refractivity contribution in [3.8, 4) is 5.75 Å². The second-order valence-corrected chi connectivity index (χ2v) is 5.82. The highest BCUT2D eigenvalue weighted by molar-refractivity contribution is 6.06. The second-order valence-electron chi connectivity index (χ2n) is 5.82. The second kappa shape index (κ2) is 7.36. The molecule has 1 unspecified atom stereocenters. The Kier molecular flexibility index (Phi) is 5.01. The first kappa shape index (κ1) is 16.3. The van der Waals surface area contributed by atoms with E-state index in [1.807, 2.05) is 36.4 Å². The molecular formula is C19H22N2O3. The Balaban J connectivity index is 1.71. The fourth-order valence-electron chi connectivity index (χ4n) is 2.88. The lowest BCUT2D eigenvalue weighted by Crippen LogP contribution is -2.43. The zero-order valence-corrected chi connectivity index (χ0v) is 14.0.